The molecule has 0 spiro atoms. The van der Waals surface area contributed by atoms with Crippen molar-refractivity contribution in [3.05, 3.63) is 59.3 Å². The summed E-state index contributed by atoms with van der Waals surface area (Å²) in [6, 6.07) is 6.34. The standard InChI is InChI=1S/C23H26FN5O2/c1-14-21(31-15(2)26-14)22(30)29-11-5-6-17(13-29)20-19(12-25-23(27-20)28(3)4)16-7-9-18(24)10-8-16/h7-10,12,17H,5-6,11,13H2,1-4H3/t17-/m1/s1. The fraction of sp³-hybridized carbons (Fsp3) is 0.391. The lowest BCUT2D eigenvalue weighted by Gasteiger charge is -2.33. The van der Waals surface area contributed by atoms with E-state index in [-0.39, 0.29) is 17.6 Å². The number of oxazole rings is 1. The van der Waals surface area contributed by atoms with Gasteiger partial charge in [-0.15, -0.1) is 0 Å². The Morgan fingerprint density at radius 3 is 2.58 bits per heavy atom. The van der Waals surface area contributed by atoms with Crippen LogP contribution in [0, 0.1) is 19.7 Å². The monoisotopic (exact) mass is 423 g/mol. The minimum absolute atomic E-state index is 0.0313. The zero-order chi connectivity index (χ0) is 22.1. The van der Waals surface area contributed by atoms with E-state index in [0.717, 1.165) is 29.7 Å². The number of amides is 1. The number of nitrogens with zero attached hydrogens (tertiary/aromatic N) is 5. The van der Waals surface area contributed by atoms with Gasteiger partial charge in [-0.1, -0.05) is 12.1 Å². The molecule has 1 saturated heterocycles. The first-order valence-electron chi connectivity index (χ1n) is 10.4. The lowest BCUT2D eigenvalue weighted by atomic mass is 9.89. The van der Waals surface area contributed by atoms with Crippen molar-refractivity contribution in [2.75, 3.05) is 32.1 Å². The highest BCUT2D eigenvalue weighted by Crippen LogP contribution is 2.34. The Morgan fingerprint density at radius 1 is 1.19 bits per heavy atom. The molecule has 3 heterocycles. The molecule has 1 fully saturated rings. The minimum atomic E-state index is -0.289. The molecule has 3 aromatic rings. The maximum absolute atomic E-state index is 13.5. The molecule has 4 rings (SSSR count). The molecule has 162 valence electrons. The SMILES string of the molecule is Cc1nc(C)c(C(=O)N2CCC[C@@H](c3nc(N(C)C)ncc3-c3ccc(F)cc3)C2)o1. The summed E-state index contributed by atoms with van der Waals surface area (Å²) in [5.41, 5.74) is 3.19. The summed E-state index contributed by atoms with van der Waals surface area (Å²) >= 11 is 0. The molecule has 0 radical (unpaired) electrons. The van der Waals surface area contributed by atoms with Crippen LogP contribution in [0.2, 0.25) is 0 Å². The average molecular weight is 423 g/mol. The van der Waals surface area contributed by atoms with Gasteiger partial charge in [-0.2, -0.15) is 0 Å². The third-order valence-corrected chi connectivity index (χ3v) is 5.55. The van der Waals surface area contributed by atoms with Gasteiger partial charge in [0.25, 0.3) is 5.91 Å². The summed E-state index contributed by atoms with van der Waals surface area (Å²) in [5, 5.41) is 0. The second-order valence-electron chi connectivity index (χ2n) is 8.11. The van der Waals surface area contributed by atoms with Gasteiger partial charge in [-0.3, -0.25) is 4.79 Å². The lowest BCUT2D eigenvalue weighted by molar-refractivity contribution is 0.0671. The second kappa shape index (κ2) is 8.45. The Morgan fingerprint density at radius 2 is 1.94 bits per heavy atom. The third-order valence-electron chi connectivity index (χ3n) is 5.55. The normalized spacial score (nSPS) is 16.4. The first-order chi connectivity index (χ1) is 14.8. The quantitative estimate of drug-likeness (QED) is 0.632. The minimum Gasteiger partial charge on any atom is -0.436 e. The van der Waals surface area contributed by atoms with Crippen molar-refractivity contribution >= 4 is 11.9 Å². The molecule has 8 heteroatoms. The Balaban J connectivity index is 1.68. The fourth-order valence-electron chi connectivity index (χ4n) is 4.02. The molecule has 1 atom stereocenters. The van der Waals surface area contributed by atoms with Crippen LogP contribution in [-0.2, 0) is 0 Å². The molecule has 7 nitrogen and oxygen atoms in total. The molecule has 31 heavy (non-hydrogen) atoms. The number of hydrogen-bond donors (Lipinski definition) is 0. The van der Waals surface area contributed by atoms with Crippen LogP contribution in [0.3, 0.4) is 0 Å². The number of benzene rings is 1. The summed E-state index contributed by atoms with van der Waals surface area (Å²) in [7, 11) is 3.78. The van der Waals surface area contributed by atoms with E-state index in [1.165, 1.54) is 12.1 Å². The van der Waals surface area contributed by atoms with Crippen molar-refractivity contribution in [1.29, 1.82) is 0 Å². The van der Waals surface area contributed by atoms with Gasteiger partial charge in [0.1, 0.15) is 5.82 Å². The molecule has 0 aliphatic carbocycles. The average Bonchev–Trinajstić information content (AvgIpc) is 3.11. The van der Waals surface area contributed by atoms with Gasteiger partial charge < -0.3 is 14.2 Å². The maximum atomic E-state index is 13.5. The predicted molar refractivity (Wildman–Crippen MR) is 116 cm³/mol. The largest absolute Gasteiger partial charge is 0.436 e. The summed E-state index contributed by atoms with van der Waals surface area (Å²) in [4.78, 5) is 30.3. The van der Waals surface area contributed by atoms with Crippen LogP contribution in [0.15, 0.2) is 34.9 Å². The van der Waals surface area contributed by atoms with E-state index >= 15 is 0 Å². The van der Waals surface area contributed by atoms with Crippen molar-refractivity contribution in [2.45, 2.75) is 32.6 Å². The third kappa shape index (κ3) is 4.28. The number of piperidine rings is 1. The van der Waals surface area contributed by atoms with Crippen molar-refractivity contribution in [2.24, 2.45) is 0 Å². The molecule has 0 bridgehead atoms. The van der Waals surface area contributed by atoms with Crippen LogP contribution in [0.1, 0.15) is 46.6 Å². The van der Waals surface area contributed by atoms with E-state index < -0.39 is 0 Å². The Bertz CT molecular complexity index is 1090. The molecule has 1 aliphatic heterocycles. The number of aromatic nitrogens is 3. The van der Waals surface area contributed by atoms with Crippen molar-refractivity contribution < 1.29 is 13.6 Å². The van der Waals surface area contributed by atoms with Gasteiger partial charge in [0.2, 0.25) is 11.7 Å². The number of likely N-dealkylation sites (tertiary alicyclic amines) is 1. The molecule has 1 amide bonds. The van der Waals surface area contributed by atoms with Gasteiger partial charge in [-0.25, -0.2) is 19.3 Å². The number of carbonyl (C=O) groups is 1. The summed E-state index contributed by atoms with van der Waals surface area (Å²) in [6.07, 6.45) is 3.54. The maximum Gasteiger partial charge on any atom is 0.291 e. The number of carbonyl (C=O) groups excluding carboxylic acids is 1. The van der Waals surface area contributed by atoms with E-state index in [9.17, 15) is 9.18 Å². The molecule has 0 N–H and O–H groups in total. The summed E-state index contributed by atoms with van der Waals surface area (Å²) in [5.74, 6) is 0.985. The fourth-order valence-corrected chi connectivity index (χ4v) is 4.02. The first kappa shape index (κ1) is 21.0. The zero-order valence-corrected chi connectivity index (χ0v) is 18.2. The van der Waals surface area contributed by atoms with Gasteiger partial charge in [0.15, 0.2) is 5.89 Å². The highest BCUT2D eigenvalue weighted by Gasteiger charge is 2.31. The van der Waals surface area contributed by atoms with Gasteiger partial charge in [0.05, 0.1) is 11.4 Å². The van der Waals surface area contributed by atoms with Gasteiger partial charge >= 0.3 is 0 Å². The predicted octanol–water partition coefficient (Wildman–Crippen LogP) is 3.97. The van der Waals surface area contributed by atoms with Crippen LogP contribution in [-0.4, -0.2) is 52.9 Å². The topological polar surface area (TPSA) is 75.4 Å². The molecule has 0 saturated carbocycles. The second-order valence-corrected chi connectivity index (χ2v) is 8.11. The number of aryl methyl sites for hydroxylation is 2. The van der Waals surface area contributed by atoms with E-state index in [4.69, 9.17) is 9.40 Å². The Kier molecular flexibility index (Phi) is 5.71. The van der Waals surface area contributed by atoms with E-state index in [1.54, 1.807) is 32.2 Å². The lowest BCUT2D eigenvalue weighted by Crippen LogP contribution is -2.39. The number of rotatable bonds is 4. The van der Waals surface area contributed by atoms with Crippen LogP contribution < -0.4 is 4.90 Å². The van der Waals surface area contributed by atoms with Crippen LogP contribution >= 0.6 is 0 Å². The van der Waals surface area contributed by atoms with Crippen molar-refractivity contribution in [1.82, 2.24) is 19.9 Å². The van der Waals surface area contributed by atoms with Crippen LogP contribution in [0.25, 0.3) is 11.1 Å². The van der Waals surface area contributed by atoms with E-state index in [0.29, 0.717) is 36.4 Å². The van der Waals surface area contributed by atoms with E-state index in [1.807, 2.05) is 23.9 Å². The summed E-state index contributed by atoms with van der Waals surface area (Å²) in [6.45, 7) is 4.70. The Labute approximate surface area is 180 Å². The Hall–Kier alpha value is -3.29. The number of anilines is 1. The van der Waals surface area contributed by atoms with Gasteiger partial charge in [0, 0.05) is 51.8 Å². The highest BCUT2D eigenvalue weighted by molar-refractivity contribution is 5.92. The molecule has 0 unspecified atom stereocenters. The zero-order valence-electron chi connectivity index (χ0n) is 18.2. The number of halogens is 1. The number of hydrogen-bond acceptors (Lipinski definition) is 6. The molecular formula is C23H26FN5O2. The van der Waals surface area contributed by atoms with Crippen molar-refractivity contribution in [3.63, 3.8) is 0 Å². The summed E-state index contributed by atoms with van der Waals surface area (Å²) < 4.78 is 19.0. The van der Waals surface area contributed by atoms with Crippen molar-refractivity contribution in [3.8, 4) is 11.1 Å². The van der Waals surface area contributed by atoms with Gasteiger partial charge in [-0.05, 0) is 37.5 Å². The molecular weight excluding hydrogens is 397 g/mol. The highest BCUT2D eigenvalue weighted by atomic mass is 19.1. The molecule has 1 aromatic carbocycles. The molecule has 2 aromatic heterocycles. The van der Waals surface area contributed by atoms with Crippen LogP contribution in [0.5, 0.6) is 0 Å². The molecule has 1 aliphatic rings. The van der Waals surface area contributed by atoms with E-state index in [2.05, 4.69) is 9.97 Å². The smallest absolute Gasteiger partial charge is 0.291 e. The van der Waals surface area contributed by atoms with Crippen LogP contribution in [0.4, 0.5) is 10.3 Å². The first-order valence-corrected chi connectivity index (χ1v) is 10.4.